The number of carbonyl (C=O) groups is 2. The van der Waals surface area contributed by atoms with Gasteiger partial charge in [-0.1, -0.05) is 24.3 Å². The van der Waals surface area contributed by atoms with E-state index >= 15 is 0 Å². The van der Waals surface area contributed by atoms with Crippen molar-refractivity contribution in [2.75, 3.05) is 65.9 Å². The molecule has 0 spiro atoms. The summed E-state index contributed by atoms with van der Waals surface area (Å²) in [5, 5.41) is 2.85. The third-order valence-electron chi connectivity index (χ3n) is 3.70. The van der Waals surface area contributed by atoms with E-state index in [2.05, 4.69) is 5.32 Å². The van der Waals surface area contributed by atoms with Gasteiger partial charge in [0, 0.05) is 25.1 Å². The van der Waals surface area contributed by atoms with Crippen molar-refractivity contribution in [1.29, 1.82) is 0 Å². The molecule has 0 fully saturated rings. The number of carbonyl (C=O) groups excluding carboxylic acids is 2. The van der Waals surface area contributed by atoms with Crippen LogP contribution in [-0.2, 0) is 30.2 Å². The first-order valence-electron chi connectivity index (χ1n) is 9.58. The summed E-state index contributed by atoms with van der Waals surface area (Å²) in [5.74, 6) is -0.0457. The topological polar surface area (TPSA) is 109 Å². The lowest BCUT2D eigenvalue weighted by Crippen LogP contribution is -2.26. The fraction of sp³-hybridized carbons (Fsp3) is 0.600. The molecule has 1 aromatic rings. The number of hydrogen-bond donors (Lipinski definition) is 2. The number of benzene rings is 1. The summed E-state index contributed by atoms with van der Waals surface area (Å²) in [6.07, 6.45) is 1.85. The first-order valence-corrected chi connectivity index (χ1v) is 9.58. The molecule has 0 saturated carbocycles. The second-order valence-electron chi connectivity index (χ2n) is 5.95. The van der Waals surface area contributed by atoms with E-state index in [0.29, 0.717) is 77.9 Å². The van der Waals surface area contributed by atoms with Gasteiger partial charge in [-0.2, -0.15) is 0 Å². The molecule has 1 amide bonds. The molecule has 8 nitrogen and oxygen atoms in total. The molecule has 0 saturated heterocycles. The fourth-order valence-corrected chi connectivity index (χ4v) is 2.21. The average molecular weight is 396 g/mol. The summed E-state index contributed by atoms with van der Waals surface area (Å²) < 4.78 is 21.2. The summed E-state index contributed by atoms with van der Waals surface area (Å²) in [6, 6.07) is 7.31. The maximum atomic E-state index is 11.7. The summed E-state index contributed by atoms with van der Waals surface area (Å²) >= 11 is 0. The molecule has 0 aliphatic rings. The first kappa shape index (κ1) is 24.2. The lowest BCUT2D eigenvalue weighted by Gasteiger charge is -2.08. The summed E-state index contributed by atoms with van der Waals surface area (Å²) in [7, 11) is 0. The smallest absolute Gasteiger partial charge is 0.222 e. The Morgan fingerprint density at radius 2 is 1.39 bits per heavy atom. The van der Waals surface area contributed by atoms with Crippen LogP contribution < -0.4 is 11.1 Å². The number of nitrogens with one attached hydrogen (secondary N) is 1. The molecule has 1 aromatic carbocycles. The summed E-state index contributed by atoms with van der Waals surface area (Å²) in [6.45, 7) is 4.95. The van der Waals surface area contributed by atoms with E-state index in [-0.39, 0.29) is 5.91 Å². The highest BCUT2D eigenvalue weighted by molar-refractivity contribution is 5.76. The first-order chi connectivity index (χ1) is 13.8. The van der Waals surface area contributed by atoms with Crippen molar-refractivity contribution in [2.45, 2.75) is 12.8 Å². The van der Waals surface area contributed by atoms with Gasteiger partial charge in [0.25, 0.3) is 0 Å². The lowest BCUT2D eigenvalue weighted by atomic mass is 10.1. The largest absolute Gasteiger partial charge is 0.379 e. The predicted molar refractivity (Wildman–Crippen MR) is 105 cm³/mol. The van der Waals surface area contributed by atoms with E-state index in [1.54, 1.807) is 12.1 Å². The van der Waals surface area contributed by atoms with Crippen molar-refractivity contribution in [3.05, 3.63) is 35.4 Å². The standard InChI is InChI=1S/C20H32N2O6/c21-7-10-26-12-14-28-16-15-27-13-11-25-9-6-20(24)22-8-5-18-1-3-19(17-23)4-2-18/h1-4,17H,5-16,21H2,(H,22,24). The zero-order valence-corrected chi connectivity index (χ0v) is 16.4. The van der Waals surface area contributed by atoms with Gasteiger partial charge in [-0.15, -0.1) is 0 Å². The van der Waals surface area contributed by atoms with Crippen molar-refractivity contribution < 1.29 is 28.5 Å². The third-order valence-corrected chi connectivity index (χ3v) is 3.70. The van der Waals surface area contributed by atoms with Gasteiger partial charge in [0.05, 0.1) is 52.9 Å². The van der Waals surface area contributed by atoms with Gasteiger partial charge in [-0.05, 0) is 12.0 Å². The number of nitrogens with two attached hydrogens (primary N) is 1. The highest BCUT2D eigenvalue weighted by Crippen LogP contribution is 2.02. The average Bonchev–Trinajstić information content (AvgIpc) is 2.72. The Morgan fingerprint density at radius 1 is 0.857 bits per heavy atom. The molecule has 0 atom stereocenters. The molecule has 0 aliphatic carbocycles. The van der Waals surface area contributed by atoms with E-state index in [1.807, 2.05) is 12.1 Å². The molecule has 1 rings (SSSR count). The maximum Gasteiger partial charge on any atom is 0.222 e. The Labute approximate surface area is 166 Å². The zero-order chi connectivity index (χ0) is 20.3. The maximum absolute atomic E-state index is 11.7. The third kappa shape index (κ3) is 13.3. The van der Waals surface area contributed by atoms with Crippen LogP contribution in [-0.4, -0.2) is 78.1 Å². The monoisotopic (exact) mass is 396 g/mol. The molecule has 0 aliphatic heterocycles. The van der Waals surface area contributed by atoms with Gasteiger partial charge in [-0.3, -0.25) is 9.59 Å². The van der Waals surface area contributed by atoms with E-state index in [4.69, 9.17) is 24.7 Å². The van der Waals surface area contributed by atoms with Gasteiger partial charge in [-0.25, -0.2) is 0 Å². The van der Waals surface area contributed by atoms with Gasteiger partial charge >= 0.3 is 0 Å². The van der Waals surface area contributed by atoms with Crippen LogP contribution in [0.1, 0.15) is 22.3 Å². The molecule has 0 heterocycles. The van der Waals surface area contributed by atoms with Crippen molar-refractivity contribution in [3.63, 3.8) is 0 Å². The molecule has 28 heavy (non-hydrogen) atoms. The Kier molecular flexibility index (Phi) is 14.9. The van der Waals surface area contributed by atoms with E-state index in [1.165, 1.54) is 0 Å². The minimum absolute atomic E-state index is 0.0457. The molecular weight excluding hydrogens is 364 g/mol. The van der Waals surface area contributed by atoms with Crippen molar-refractivity contribution in [2.24, 2.45) is 5.73 Å². The predicted octanol–water partition coefficient (Wildman–Crippen LogP) is 0.573. The van der Waals surface area contributed by atoms with E-state index < -0.39 is 0 Å². The molecule has 3 N–H and O–H groups in total. The minimum atomic E-state index is -0.0457. The molecule has 0 bridgehead atoms. The summed E-state index contributed by atoms with van der Waals surface area (Å²) in [4.78, 5) is 22.3. The Bertz CT molecular complexity index is 524. The highest BCUT2D eigenvalue weighted by atomic mass is 16.6. The van der Waals surface area contributed by atoms with Crippen LogP contribution in [0.2, 0.25) is 0 Å². The molecule has 8 heteroatoms. The highest BCUT2D eigenvalue weighted by Gasteiger charge is 2.01. The molecule has 158 valence electrons. The van der Waals surface area contributed by atoms with Crippen LogP contribution in [0.15, 0.2) is 24.3 Å². The Balaban J connectivity index is 1.85. The SMILES string of the molecule is NCCOCCOCCOCCOCCC(=O)NCCc1ccc(C=O)cc1. The van der Waals surface area contributed by atoms with Gasteiger partial charge in [0.2, 0.25) is 5.91 Å². The summed E-state index contributed by atoms with van der Waals surface area (Å²) in [5.41, 5.74) is 7.02. The van der Waals surface area contributed by atoms with Crippen LogP contribution in [0.4, 0.5) is 0 Å². The van der Waals surface area contributed by atoms with E-state index in [0.717, 1.165) is 18.3 Å². The number of aldehydes is 1. The quantitative estimate of drug-likeness (QED) is 0.276. The number of ether oxygens (including phenoxy) is 4. The second kappa shape index (κ2) is 17.3. The van der Waals surface area contributed by atoms with Gasteiger partial charge in [0.1, 0.15) is 6.29 Å². The Hall–Kier alpha value is -1.84. The van der Waals surface area contributed by atoms with Crippen LogP contribution >= 0.6 is 0 Å². The van der Waals surface area contributed by atoms with Crippen molar-refractivity contribution in [3.8, 4) is 0 Å². The fourth-order valence-electron chi connectivity index (χ4n) is 2.21. The van der Waals surface area contributed by atoms with Crippen LogP contribution in [0.5, 0.6) is 0 Å². The van der Waals surface area contributed by atoms with Crippen LogP contribution in [0.3, 0.4) is 0 Å². The molecular formula is C20H32N2O6. The second-order valence-corrected chi connectivity index (χ2v) is 5.95. The number of hydrogen-bond acceptors (Lipinski definition) is 7. The molecule has 0 aromatic heterocycles. The normalized spacial score (nSPS) is 10.8. The molecule has 0 unspecified atom stereocenters. The number of rotatable bonds is 18. The van der Waals surface area contributed by atoms with Crippen molar-refractivity contribution >= 4 is 12.2 Å². The Morgan fingerprint density at radius 3 is 1.93 bits per heavy atom. The minimum Gasteiger partial charge on any atom is -0.379 e. The lowest BCUT2D eigenvalue weighted by molar-refractivity contribution is -0.122. The number of amides is 1. The van der Waals surface area contributed by atoms with E-state index in [9.17, 15) is 9.59 Å². The van der Waals surface area contributed by atoms with Crippen molar-refractivity contribution in [1.82, 2.24) is 5.32 Å². The van der Waals surface area contributed by atoms with Gasteiger partial charge < -0.3 is 30.0 Å². The van der Waals surface area contributed by atoms with Crippen LogP contribution in [0, 0.1) is 0 Å². The molecule has 0 radical (unpaired) electrons. The zero-order valence-electron chi connectivity index (χ0n) is 16.4. The van der Waals surface area contributed by atoms with Gasteiger partial charge in [0.15, 0.2) is 0 Å². The van der Waals surface area contributed by atoms with Crippen LogP contribution in [0.25, 0.3) is 0 Å².